The zero-order valence-corrected chi connectivity index (χ0v) is 17.4. The molecular weight excluding hydrogens is 396 g/mol. The number of benzene rings is 1. The van der Waals surface area contributed by atoms with Crippen LogP contribution in [0.4, 0.5) is 0 Å². The van der Waals surface area contributed by atoms with Gasteiger partial charge in [0.05, 0.1) is 16.3 Å². The van der Waals surface area contributed by atoms with Crippen LogP contribution in [0.25, 0.3) is 11.1 Å². The van der Waals surface area contributed by atoms with Crippen molar-refractivity contribution in [3.8, 4) is 11.1 Å². The van der Waals surface area contributed by atoms with E-state index in [1.165, 1.54) is 0 Å². The molecule has 1 aliphatic heterocycles. The van der Waals surface area contributed by atoms with Gasteiger partial charge in [0.15, 0.2) is 0 Å². The molecule has 1 amide bonds. The molecule has 0 radical (unpaired) electrons. The van der Waals surface area contributed by atoms with E-state index in [0.717, 1.165) is 54.9 Å². The minimum absolute atomic E-state index is 0.00719. The van der Waals surface area contributed by atoms with Gasteiger partial charge in [-0.25, -0.2) is 9.97 Å². The van der Waals surface area contributed by atoms with E-state index in [2.05, 4.69) is 9.97 Å². The highest BCUT2D eigenvalue weighted by Gasteiger charge is 2.32. The van der Waals surface area contributed by atoms with E-state index in [1.807, 2.05) is 35.4 Å². The standard InChI is InChI=1S/C24H23ClN4O/c25-21-6-2-1-5-19(21)24(30)29-13-3-4-18(15-29)22-20(16-9-11-26-12-10-16)14-27-23(28-22)17-7-8-17/h1-2,5-6,9-12,14,17-18H,3-4,7-8,13,15H2. The number of pyridine rings is 1. The number of hydrogen-bond donors (Lipinski definition) is 0. The van der Waals surface area contributed by atoms with Crippen LogP contribution in [0.15, 0.2) is 55.0 Å². The third-order valence-electron chi connectivity index (χ3n) is 5.97. The molecule has 1 aliphatic carbocycles. The van der Waals surface area contributed by atoms with Gasteiger partial charge < -0.3 is 4.90 Å². The lowest BCUT2D eigenvalue weighted by Gasteiger charge is -2.33. The van der Waals surface area contributed by atoms with Crippen LogP contribution in [-0.2, 0) is 0 Å². The number of halogens is 1. The molecule has 2 fully saturated rings. The van der Waals surface area contributed by atoms with Gasteiger partial charge in [-0.2, -0.15) is 0 Å². The second-order valence-corrected chi connectivity index (χ2v) is 8.51. The van der Waals surface area contributed by atoms with Crippen LogP contribution in [-0.4, -0.2) is 38.8 Å². The lowest BCUT2D eigenvalue weighted by molar-refractivity contribution is 0.0706. The molecule has 1 aromatic carbocycles. The highest BCUT2D eigenvalue weighted by atomic mass is 35.5. The number of amides is 1. The molecule has 0 N–H and O–H groups in total. The van der Waals surface area contributed by atoms with Crippen molar-refractivity contribution in [1.29, 1.82) is 0 Å². The van der Waals surface area contributed by atoms with Crippen LogP contribution in [0.1, 0.15) is 59.4 Å². The third-order valence-corrected chi connectivity index (χ3v) is 6.30. The largest absolute Gasteiger partial charge is 0.338 e. The predicted octanol–water partition coefficient (Wildman–Crippen LogP) is 5.09. The van der Waals surface area contributed by atoms with E-state index in [9.17, 15) is 4.79 Å². The van der Waals surface area contributed by atoms with Gasteiger partial charge in [-0.05, 0) is 55.5 Å². The van der Waals surface area contributed by atoms with Crippen LogP contribution in [0.5, 0.6) is 0 Å². The summed E-state index contributed by atoms with van der Waals surface area (Å²) in [6.07, 6.45) is 9.82. The van der Waals surface area contributed by atoms with Crippen LogP contribution in [0.2, 0.25) is 5.02 Å². The maximum absolute atomic E-state index is 13.1. The van der Waals surface area contributed by atoms with Crippen molar-refractivity contribution in [2.45, 2.75) is 37.5 Å². The Morgan fingerprint density at radius 2 is 1.83 bits per heavy atom. The fourth-order valence-corrected chi connectivity index (χ4v) is 4.42. The summed E-state index contributed by atoms with van der Waals surface area (Å²) in [7, 11) is 0. The summed E-state index contributed by atoms with van der Waals surface area (Å²) in [5.41, 5.74) is 3.72. The Kier molecular flexibility index (Phi) is 5.21. The highest BCUT2D eigenvalue weighted by Crippen LogP contribution is 2.40. The highest BCUT2D eigenvalue weighted by molar-refractivity contribution is 6.33. The second kappa shape index (κ2) is 8.15. The quantitative estimate of drug-likeness (QED) is 0.592. The van der Waals surface area contributed by atoms with Crippen LogP contribution in [0, 0.1) is 0 Å². The minimum Gasteiger partial charge on any atom is -0.338 e. The predicted molar refractivity (Wildman–Crippen MR) is 117 cm³/mol. The summed E-state index contributed by atoms with van der Waals surface area (Å²) >= 11 is 6.29. The molecular formula is C24H23ClN4O. The van der Waals surface area contributed by atoms with Gasteiger partial charge in [-0.1, -0.05) is 23.7 Å². The fraction of sp³-hybridized carbons (Fsp3) is 0.333. The normalized spacial score (nSPS) is 19.0. The Hall–Kier alpha value is -2.79. The fourth-order valence-electron chi connectivity index (χ4n) is 4.20. The van der Waals surface area contributed by atoms with Gasteiger partial charge in [0.25, 0.3) is 5.91 Å². The average molecular weight is 419 g/mol. The maximum atomic E-state index is 13.1. The summed E-state index contributed by atoms with van der Waals surface area (Å²) in [5.74, 6) is 1.60. The SMILES string of the molecule is O=C(c1ccccc1Cl)N1CCCC(c2nc(C3CC3)ncc2-c2ccncc2)C1. The molecule has 152 valence electrons. The molecule has 3 aromatic rings. The summed E-state index contributed by atoms with van der Waals surface area (Å²) in [4.78, 5) is 28.9. The molecule has 2 aromatic heterocycles. The Morgan fingerprint density at radius 1 is 1.03 bits per heavy atom. The Bertz CT molecular complexity index is 1070. The van der Waals surface area contributed by atoms with Gasteiger partial charge in [0.1, 0.15) is 5.82 Å². The molecule has 1 unspecified atom stereocenters. The molecule has 0 spiro atoms. The van der Waals surface area contributed by atoms with Crippen LogP contribution in [0.3, 0.4) is 0 Å². The first-order valence-electron chi connectivity index (χ1n) is 10.5. The van der Waals surface area contributed by atoms with E-state index >= 15 is 0 Å². The molecule has 0 bridgehead atoms. The van der Waals surface area contributed by atoms with Crippen molar-refractivity contribution in [3.05, 3.63) is 77.1 Å². The first-order valence-corrected chi connectivity index (χ1v) is 10.9. The number of nitrogens with zero attached hydrogens (tertiary/aromatic N) is 4. The number of aromatic nitrogens is 3. The van der Waals surface area contributed by atoms with Crippen molar-refractivity contribution in [2.75, 3.05) is 13.1 Å². The molecule has 1 saturated heterocycles. The third kappa shape index (κ3) is 3.82. The van der Waals surface area contributed by atoms with Gasteiger partial charge in [-0.3, -0.25) is 9.78 Å². The van der Waals surface area contributed by atoms with Gasteiger partial charge in [-0.15, -0.1) is 0 Å². The minimum atomic E-state index is -0.00719. The molecule has 3 heterocycles. The smallest absolute Gasteiger partial charge is 0.255 e. The van der Waals surface area contributed by atoms with Gasteiger partial charge in [0.2, 0.25) is 0 Å². The molecule has 30 heavy (non-hydrogen) atoms. The molecule has 2 aliphatic rings. The van der Waals surface area contributed by atoms with Crippen molar-refractivity contribution >= 4 is 17.5 Å². The van der Waals surface area contributed by atoms with E-state index < -0.39 is 0 Å². The summed E-state index contributed by atoms with van der Waals surface area (Å²) < 4.78 is 0. The van der Waals surface area contributed by atoms with Crippen LogP contribution >= 0.6 is 11.6 Å². The van der Waals surface area contributed by atoms with Gasteiger partial charge >= 0.3 is 0 Å². The monoisotopic (exact) mass is 418 g/mol. The lowest BCUT2D eigenvalue weighted by Crippen LogP contribution is -2.39. The van der Waals surface area contributed by atoms with Crippen molar-refractivity contribution in [3.63, 3.8) is 0 Å². The number of carbonyl (C=O) groups excluding carboxylic acids is 1. The lowest BCUT2D eigenvalue weighted by atomic mass is 9.89. The molecule has 5 nitrogen and oxygen atoms in total. The van der Waals surface area contributed by atoms with E-state index in [-0.39, 0.29) is 11.8 Å². The number of carbonyl (C=O) groups is 1. The van der Waals surface area contributed by atoms with Crippen molar-refractivity contribution < 1.29 is 4.79 Å². The summed E-state index contributed by atoms with van der Waals surface area (Å²) in [6, 6.07) is 11.3. The van der Waals surface area contributed by atoms with Crippen molar-refractivity contribution in [2.24, 2.45) is 0 Å². The number of rotatable bonds is 4. The van der Waals surface area contributed by atoms with E-state index in [0.29, 0.717) is 23.0 Å². The second-order valence-electron chi connectivity index (χ2n) is 8.11. The Balaban J connectivity index is 1.48. The summed E-state index contributed by atoms with van der Waals surface area (Å²) in [6.45, 7) is 1.38. The molecule has 5 rings (SSSR count). The zero-order valence-electron chi connectivity index (χ0n) is 16.7. The zero-order chi connectivity index (χ0) is 20.5. The van der Waals surface area contributed by atoms with Gasteiger partial charge in [0, 0.05) is 49.1 Å². The number of hydrogen-bond acceptors (Lipinski definition) is 4. The Morgan fingerprint density at radius 3 is 2.60 bits per heavy atom. The number of likely N-dealkylation sites (tertiary alicyclic amines) is 1. The average Bonchev–Trinajstić information content (AvgIpc) is 3.65. The molecule has 1 saturated carbocycles. The van der Waals surface area contributed by atoms with Crippen LogP contribution < -0.4 is 0 Å². The Labute approximate surface area is 181 Å². The summed E-state index contributed by atoms with van der Waals surface area (Å²) in [5, 5.41) is 0.500. The maximum Gasteiger partial charge on any atom is 0.255 e. The number of piperidine rings is 1. The molecule has 1 atom stereocenters. The first-order chi connectivity index (χ1) is 14.7. The van der Waals surface area contributed by atoms with E-state index in [4.69, 9.17) is 16.6 Å². The molecule has 6 heteroatoms. The van der Waals surface area contributed by atoms with E-state index in [1.54, 1.807) is 24.5 Å². The topological polar surface area (TPSA) is 59.0 Å². The first kappa shape index (κ1) is 19.2. The van der Waals surface area contributed by atoms with Crippen molar-refractivity contribution in [1.82, 2.24) is 19.9 Å².